The molecule has 3 aromatic carbocycles. The van der Waals surface area contributed by atoms with E-state index < -0.39 is 24.3 Å². The van der Waals surface area contributed by atoms with Gasteiger partial charge in [0.25, 0.3) is 0 Å². The van der Waals surface area contributed by atoms with Crippen molar-refractivity contribution in [1.29, 1.82) is 0 Å². The molecule has 14 nitrogen and oxygen atoms in total. The third kappa shape index (κ3) is 8.21. The molecule has 0 bridgehead atoms. The van der Waals surface area contributed by atoms with E-state index in [4.69, 9.17) is 9.47 Å². The van der Waals surface area contributed by atoms with Crippen molar-refractivity contribution in [3.05, 3.63) is 84.7 Å². The maximum absolute atomic E-state index is 13.6. The summed E-state index contributed by atoms with van der Waals surface area (Å²) in [5.41, 5.74) is 5.89. The normalized spacial score (nSPS) is 17.8. The van der Waals surface area contributed by atoms with Crippen molar-refractivity contribution >= 4 is 34.8 Å². The third-order valence-electron chi connectivity index (χ3n) is 11.1. The van der Waals surface area contributed by atoms with E-state index in [1.54, 1.807) is 4.90 Å². The van der Waals surface area contributed by atoms with Gasteiger partial charge in [-0.15, -0.1) is 0 Å². The largest absolute Gasteiger partial charge is 0.453 e. The minimum atomic E-state index is -0.686. The van der Waals surface area contributed by atoms with Gasteiger partial charge in [-0.3, -0.25) is 9.59 Å². The number of rotatable bonds is 11. The number of alkyl carbamates (subject to hydrolysis) is 2. The van der Waals surface area contributed by atoms with E-state index >= 15 is 0 Å². The van der Waals surface area contributed by atoms with Gasteiger partial charge in [-0.1, -0.05) is 69.3 Å². The summed E-state index contributed by atoms with van der Waals surface area (Å²) in [6.45, 7) is 6.87. The zero-order chi connectivity index (χ0) is 40.2. The third-order valence-corrected chi connectivity index (χ3v) is 11.1. The minimum Gasteiger partial charge on any atom is -0.453 e. The summed E-state index contributed by atoms with van der Waals surface area (Å²) in [5, 5.41) is 7.54. The molecule has 0 spiro atoms. The number of aromatic amines is 2. The van der Waals surface area contributed by atoms with Gasteiger partial charge in [-0.2, -0.15) is 0 Å². The second-order valence-electron chi connectivity index (χ2n) is 15.1. The van der Waals surface area contributed by atoms with Crippen LogP contribution in [0.25, 0.3) is 44.4 Å². The number of likely N-dealkylation sites (tertiary alicyclic amines) is 2. The maximum atomic E-state index is 13.6. The van der Waals surface area contributed by atoms with Crippen LogP contribution in [0.3, 0.4) is 0 Å². The standard InChI is InChI=1S/C43H50N8O6/c1-6-32(48-42(54)56-4)40(52)50-19-7-9-35(50)38-45-24-34(47-38)31-18-17-29-21-28(15-16-30(29)22-31)26-11-13-27(14-12-26)33-23-44-39(46-33)36-10-8-20-51(36)41(53)37(25(2)3)49-43(55)57-5/h11-18,21-25,32,35-37H,6-10,19-20H2,1-5H3,(H,44,46)(H,45,47)(H,48,54)(H,49,55)/t32-,35-,36-,37-/m0/s1. The fourth-order valence-corrected chi connectivity index (χ4v) is 7.99. The Morgan fingerprint density at radius 2 is 1.19 bits per heavy atom. The maximum Gasteiger partial charge on any atom is 0.407 e. The van der Waals surface area contributed by atoms with E-state index in [1.807, 2.05) is 38.1 Å². The number of carbonyl (C=O) groups excluding carboxylic acids is 4. The van der Waals surface area contributed by atoms with Crippen molar-refractivity contribution in [1.82, 2.24) is 40.4 Å². The second-order valence-corrected chi connectivity index (χ2v) is 15.1. The number of nitrogens with one attached hydrogen (secondary N) is 4. The van der Waals surface area contributed by atoms with E-state index in [-0.39, 0.29) is 29.8 Å². The Morgan fingerprint density at radius 1 is 0.702 bits per heavy atom. The van der Waals surface area contributed by atoms with E-state index in [0.29, 0.717) is 19.5 Å². The minimum absolute atomic E-state index is 0.103. The van der Waals surface area contributed by atoms with Crippen LogP contribution in [-0.4, -0.2) is 93.1 Å². The van der Waals surface area contributed by atoms with Crippen molar-refractivity contribution in [3.8, 4) is 33.6 Å². The van der Waals surface area contributed by atoms with Crippen LogP contribution in [0.2, 0.25) is 0 Å². The lowest BCUT2D eigenvalue weighted by Gasteiger charge is -2.30. The van der Waals surface area contributed by atoms with Gasteiger partial charge < -0.3 is 39.9 Å². The Hall–Kier alpha value is -6.18. The molecule has 4 N–H and O–H groups in total. The van der Waals surface area contributed by atoms with Crippen LogP contribution < -0.4 is 10.6 Å². The molecule has 4 amide bonds. The number of H-pyrrole nitrogens is 2. The zero-order valence-electron chi connectivity index (χ0n) is 33.0. The highest BCUT2D eigenvalue weighted by molar-refractivity contribution is 5.91. The summed E-state index contributed by atoms with van der Waals surface area (Å²) >= 11 is 0. The lowest BCUT2D eigenvalue weighted by atomic mass is 9.98. The monoisotopic (exact) mass is 774 g/mol. The van der Waals surface area contributed by atoms with Gasteiger partial charge in [0.05, 0.1) is 50.1 Å². The van der Waals surface area contributed by atoms with Crippen LogP contribution in [0.4, 0.5) is 9.59 Å². The number of amides is 4. The highest BCUT2D eigenvalue weighted by atomic mass is 16.5. The molecule has 0 saturated carbocycles. The molecule has 298 valence electrons. The molecule has 0 unspecified atom stereocenters. The fraction of sp³-hybridized carbons (Fsp3) is 0.395. The van der Waals surface area contributed by atoms with Crippen molar-refractivity contribution in [3.63, 3.8) is 0 Å². The predicted octanol–water partition coefficient (Wildman–Crippen LogP) is 7.13. The molecular weight excluding hydrogens is 725 g/mol. The average Bonchev–Trinajstić information content (AvgIpc) is 4.07. The Balaban J connectivity index is 1.02. The SMILES string of the molecule is CC[C@H](NC(=O)OC)C(=O)N1CCC[C@H]1c1ncc(-c2ccc3cc(-c4ccc(-c5cnc([C@@H]6CCCN6C(=O)[C@@H](NC(=O)OC)C(C)C)[nH]5)cc4)ccc3c2)[nH]1. The number of benzene rings is 3. The number of fused-ring (bicyclic) bond motifs is 1. The van der Waals surface area contributed by atoms with Gasteiger partial charge >= 0.3 is 12.2 Å². The molecule has 7 rings (SSSR count). The Kier molecular flexibility index (Phi) is 11.6. The highest BCUT2D eigenvalue weighted by Crippen LogP contribution is 2.35. The number of methoxy groups -OCH3 is 2. The van der Waals surface area contributed by atoms with Gasteiger partial charge in [-0.05, 0) is 77.6 Å². The van der Waals surface area contributed by atoms with Crippen LogP contribution >= 0.6 is 0 Å². The van der Waals surface area contributed by atoms with Crippen LogP contribution in [0.15, 0.2) is 73.1 Å². The van der Waals surface area contributed by atoms with E-state index in [9.17, 15) is 19.2 Å². The number of aromatic nitrogens is 4. The van der Waals surface area contributed by atoms with Crippen LogP contribution in [0.1, 0.15) is 76.6 Å². The summed E-state index contributed by atoms with van der Waals surface area (Å²) in [7, 11) is 2.58. The number of hydrogen-bond donors (Lipinski definition) is 4. The summed E-state index contributed by atoms with van der Waals surface area (Å²) in [5.74, 6) is 1.08. The molecule has 0 radical (unpaired) electrons. The van der Waals surface area contributed by atoms with Gasteiger partial charge in [0, 0.05) is 18.7 Å². The molecule has 4 atom stereocenters. The fourth-order valence-electron chi connectivity index (χ4n) is 7.99. The Bertz CT molecular complexity index is 2250. The molecule has 2 saturated heterocycles. The van der Waals surface area contributed by atoms with Crippen LogP contribution in [-0.2, 0) is 19.1 Å². The van der Waals surface area contributed by atoms with Crippen molar-refractivity contribution in [2.24, 2.45) is 5.92 Å². The summed E-state index contributed by atoms with van der Waals surface area (Å²) < 4.78 is 9.48. The molecular formula is C43H50N8O6. The molecule has 14 heteroatoms. The van der Waals surface area contributed by atoms with Crippen LogP contribution in [0, 0.1) is 5.92 Å². The van der Waals surface area contributed by atoms with Gasteiger partial charge in [0.1, 0.15) is 23.7 Å². The smallest absolute Gasteiger partial charge is 0.407 e. The Labute approximate surface area is 331 Å². The molecule has 2 aromatic heterocycles. The second kappa shape index (κ2) is 16.9. The lowest BCUT2D eigenvalue weighted by molar-refractivity contribution is -0.135. The van der Waals surface area contributed by atoms with Gasteiger partial charge in [0.2, 0.25) is 11.8 Å². The lowest BCUT2D eigenvalue weighted by Crippen LogP contribution is -2.51. The average molecular weight is 775 g/mol. The predicted molar refractivity (Wildman–Crippen MR) is 216 cm³/mol. The number of carbonyl (C=O) groups is 4. The first-order valence-electron chi connectivity index (χ1n) is 19.6. The summed E-state index contributed by atoms with van der Waals surface area (Å²) in [6.07, 6.45) is 6.12. The van der Waals surface area contributed by atoms with Crippen molar-refractivity contribution < 1.29 is 28.7 Å². The molecule has 2 aliphatic rings. The molecule has 0 aliphatic carbocycles. The quantitative estimate of drug-likeness (QED) is 0.110. The van der Waals surface area contributed by atoms with Gasteiger partial charge in [0.15, 0.2) is 0 Å². The summed E-state index contributed by atoms with van der Waals surface area (Å²) in [4.78, 5) is 70.6. The molecule has 2 fully saturated rings. The van der Waals surface area contributed by atoms with Gasteiger partial charge in [-0.25, -0.2) is 19.6 Å². The number of nitrogens with zero attached hydrogens (tertiary/aromatic N) is 4. The van der Waals surface area contributed by atoms with E-state index in [0.717, 1.165) is 81.7 Å². The first-order valence-corrected chi connectivity index (χ1v) is 19.6. The number of hydrogen-bond acceptors (Lipinski definition) is 8. The van der Waals surface area contributed by atoms with Crippen molar-refractivity contribution in [2.45, 2.75) is 77.0 Å². The Morgan fingerprint density at radius 3 is 1.75 bits per heavy atom. The first-order chi connectivity index (χ1) is 27.6. The molecule has 5 aromatic rings. The van der Waals surface area contributed by atoms with Crippen molar-refractivity contribution in [2.75, 3.05) is 27.3 Å². The van der Waals surface area contributed by atoms with E-state index in [1.165, 1.54) is 14.2 Å². The zero-order valence-corrected chi connectivity index (χ0v) is 33.0. The molecule has 4 heterocycles. The summed E-state index contributed by atoms with van der Waals surface area (Å²) in [6, 6.07) is 19.3. The highest BCUT2D eigenvalue weighted by Gasteiger charge is 2.38. The van der Waals surface area contributed by atoms with E-state index in [2.05, 4.69) is 91.2 Å². The molecule has 2 aliphatic heterocycles. The topological polar surface area (TPSA) is 175 Å². The first kappa shape index (κ1) is 39.1. The number of ether oxygens (including phenoxy) is 2. The van der Waals surface area contributed by atoms with Crippen LogP contribution in [0.5, 0.6) is 0 Å². The number of imidazole rings is 2. The molecule has 57 heavy (non-hydrogen) atoms.